The number of carbonyl (C=O) groups is 1. The topological polar surface area (TPSA) is 101 Å². The maximum absolute atomic E-state index is 11.8. The molecule has 0 aliphatic heterocycles. The van der Waals surface area contributed by atoms with Crippen LogP contribution in [0.1, 0.15) is 23.8 Å². The van der Waals surface area contributed by atoms with Crippen molar-refractivity contribution >= 4 is 22.5 Å². The highest BCUT2D eigenvalue weighted by atomic mass is 16.6. The van der Waals surface area contributed by atoms with Crippen LogP contribution in [0.5, 0.6) is 0 Å². The van der Waals surface area contributed by atoms with Gasteiger partial charge < -0.3 is 5.32 Å². The fourth-order valence-corrected chi connectivity index (χ4v) is 1.61. The molecule has 7 heteroatoms. The summed E-state index contributed by atoms with van der Waals surface area (Å²) in [7, 11) is 0. The fourth-order valence-electron chi connectivity index (χ4n) is 1.61. The zero-order valence-electron chi connectivity index (χ0n) is 9.77. The quantitative estimate of drug-likeness (QED) is 0.634. The van der Waals surface area contributed by atoms with Crippen molar-refractivity contribution in [2.24, 2.45) is 0 Å². The summed E-state index contributed by atoms with van der Waals surface area (Å²) in [4.78, 5) is 22.0. The van der Waals surface area contributed by atoms with Crippen LogP contribution in [0.2, 0.25) is 0 Å². The van der Waals surface area contributed by atoms with Gasteiger partial charge in [-0.3, -0.25) is 20.0 Å². The predicted molar refractivity (Wildman–Crippen MR) is 65.4 cm³/mol. The minimum absolute atomic E-state index is 0.0616. The summed E-state index contributed by atoms with van der Waals surface area (Å²) in [6.45, 7) is 2.48. The molecule has 0 aliphatic carbocycles. The van der Waals surface area contributed by atoms with E-state index < -0.39 is 4.92 Å². The number of aromatic amines is 1. The minimum Gasteiger partial charge on any atom is -0.351 e. The molecule has 0 aliphatic rings. The summed E-state index contributed by atoms with van der Waals surface area (Å²) in [6, 6.07) is 4.25. The highest BCUT2D eigenvalue weighted by Crippen LogP contribution is 2.21. The number of H-pyrrole nitrogens is 1. The van der Waals surface area contributed by atoms with Crippen molar-refractivity contribution in [3.63, 3.8) is 0 Å². The second kappa shape index (κ2) is 4.82. The van der Waals surface area contributed by atoms with E-state index in [1.165, 1.54) is 18.2 Å². The van der Waals surface area contributed by atoms with E-state index in [9.17, 15) is 14.9 Å². The van der Waals surface area contributed by atoms with E-state index in [1.54, 1.807) is 0 Å². The Morgan fingerprint density at radius 2 is 2.33 bits per heavy atom. The number of nitrogens with zero attached hydrogens (tertiary/aromatic N) is 2. The van der Waals surface area contributed by atoms with Gasteiger partial charge in [-0.15, -0.1) is 0 Å². The SMILES string of the molecule is CCCNC(=O)c1n[nH]c2ccc([N+](=O)[O-])cc12. The van der Waals surface area contributed by atoms with Gasteiger partial charge >= 0.3 is 0 Å². The van der Waals surface area contributed by atoms with Crippen molar-refractivity contribution in [1.82, 2.24) is 15.5 Å². The molecule has 7 nitrogen and oxygen atoms in total. The Balaban J connectivity index is 2.42. The van der Waals surface area contributed by atoms with Gasteiger partial charge in [0.15, 0.2) is 5.69 Å². The normalized spacial score (nSPS) is 10.5. The largest absolute Gasteiger partial charge is 0.351 e. The van der Waals surface area contributed by atoms with E-state index in [4.69, 9.17) is 0 Å². The first-order chi connectivity index (χ1) is 8.63. The van der Waals surface area contributed by atoms with Crippen LogP contribution in [-0.2, 0) is 0 Å². The van der Waals surface area contributed by atoms with Crippen LogP contribution in [0.15, 0.2) is 18.2 Å². The third kappa shape index (κ3) is 2.15. The lowest BCUT2D eigenvalue weighted by Gasteiger charge is -2.00. The number of carbonyl (C=O) groups excluding carboxylic acids is 1. The molecule has 94 valence electrons. The smallest absolute Gasteiger partial charge is 0.272 e. The Labute approximate surface area is 102 Å². The molecule has 2 rings (SSSR count). The first-order valence-corrected chi connectivity index (χ1v) is 5.54. The molecule has 0 saturated carbocycles. The number of fused-ring (bicyclic) bond motifs is 1. The van der Waals surface area contributed by atoms with Crippen molar-refractivity contribution in [3.05, 3.63) is 34.0 Å². The van der Waals surface area contributed by atoms with Crippen LogP contribution in [0.3, 0.4) is 0 Å². The first kappa shape index (κ1) is 12.0. The molecular weight excluding hydrogens is 236 g/mol. The van der Waals surface area contributed by atoms with Gasteiger partial charge in [0.25, 0.3) is 11.6 Å². The number of non-ortho nitro benzene ring substituents is 1. The van der Waals surface area contributed by atoms with Crippen molar-refractivity contribution in [2.45, 2.75) is 13.3 Å². The van der Waals surface area contributed by atoms with Gasteiger partial charge in [-0.25, -0.2) is 0 Å². The number of aromatic nitrogens is 2. The first-order valence-electron chi connectivity index (χ1n) is 5.54. The zero-order valence-corrected chi connectivity index (χ0v) is 9.77. The van der Waals surface area contributed by atoms with Gasteiger partial charge in [0.05, 0.1) is 10.4 Å². The Kier molecular flexibility index (Phi) is 3.22. The van der Waals surface area contributed by atoms with E-state index in [0.717, 1.165) is 6.42 Å². The average molecular weight is 248 g/mol. The molecule has 2 aromatic rings. The van der Waals surface area contributed by atoms with Crippen LogP contribution >= 0.6 is 0 Å². The van der Waals surface area contributed by atoms with E-state index >= 15 is 0 Å². The molecule has 0 radical (unpaired) electrons. The maximum atomic E-state index is 11.8. The number of nitro groups is 1. The van der Waals surface area contributed by atoms with E-state index in [0.29, 0.717) is 17.4 Å². The predicted octanol–water partition coefficient (Wildman–Crippen LogP) is 1.61. The molecule has 0 unspecified atom stereocenters. The number of amides is 1. The van der Waals surface area contributed by atoms with Gasteiger partial charge in [0.2, 0.25) is 0 Å². The molecule has 0 atom stereocenters. The molecule has 1 aromatic heterocycles. The van der Waals surface area contributed by atoms with Crippen molar-refractivity contribution in [2.75, 3.05) is 6.54 Å². The Hall–Kier alpha value is -2.44. The highest BCUT2D eigenvalue weighted by molar-refractivity contribution is 6.05. The third-order valence-corrected chi connectivity index (χ3v) is 2.51. The van der Waals surface area contributed by atoms with Gasteiger partial charge in [0, 0.05) is 24.1 Å². The highest BCUT2D eigenvalue weighted by Gasteiger charge is 2.16. The fraction of sp³-hybridized carbons (Fsp3) is 0.273. The summed E-state index contributed by atoms with van der Waals surface area (Å²) >= 11 is 0. The summed E-state index contributed by atoms with van der Waals surface area (Å²) in [5.74, 6) is -0.330. The Bertz CT molecular complexity index is 605. The van der Waals surface area contributed by atoms with Crippen LogP contribution < -0.4 is 5.32 Å². The zero-order chi connectivity index (χ0) is 13.1. The Morgan fingerprint density at radius 1 is 1.56 bits per heavy atom. The second-order valence-electron chi connectivity index (χ2n) is 3.82. The van der Waals surface area contributed by atoms with Crippen LogP contribution in [-0.4, -0.2) is 27.6 Å². The standard InChI is InChI=1S/C11H12N4O3/c1-2-5-12-11(16)10-8-6-7(15(17)18)3-4-9(8)13-14-10/h3-4,6H,2,5H2,1H3,(H,12,16)(H,13,14). The van der Waals surface area contributed by atoms with E-state index in [2.05, 4.69) is 15.5 Å². The number of nitro benzene ring substituents is 1. The number of hydrogen-bond donors (Lipinski definition) is 2. The summed E-state index contributed by atoms with van der Waals surface area (Å²) in [6.07, 6.45) is 0.814. The molecule has 0 fully saturated rings. The van der Waals surface area contributed by atoms with Crippen molar-refractivity contribution < 1.29 is 9.72 Å². The van der Waals surface area contributed by atoms with Gasteiger partial charge in [-0.1, -0.05) is 6.92 Å². The maximum Gasteiger partial charge on any atom is 0.272 e. The van der Waals surface area contributed by atoms with E-state index in [-0.39, 0.29) is 17.3 Å². The lowest BCUT2D eigenvalue weighted by atomic mass is 10.2. The monoisotopic (exact) mass is 248 g/mol. The van der Waals surface area contributed by atoms with Crippen LogP contribution in [0.4, 0.5) is 5.69 Å². The number of hydrogen-bond acceptors (Lipinski definition) is 4. The van der Waals surface area contributed by atoms with Gasteiger partial charge in [-0.05, 0) is 12.5 Å². The van der Waals surface area contributed by atoms with Crippen LogP contribution in [0, 0.1) is 10.1 Å². The lowest BCUT2D eigenvalue weighted by molar-refractivity contribution is -0.384. The molecule has 0 bridgehead atoms. The Morgan fingerprint density at radius 3 is 3.00 bits per heavy atom. The average Bonchev–Trinajstić information content (AvgIpc) is 2.78. The van der Waals surface area contributed by atoms with Gasteiger partial charge in [-0.2, -0.15) is 5.10 Å². The lowest BCUT2D eigenvalue weighted by Crippen LogP contribution is -2.24. The van der Waals surface area contributed by atoms with Gasteiger partial charge in [0.1, 0.15) is 0 Å². The molecule has 0 saturated heterocycles. The summed E-state index contributed by atoms with van der Waals surface area (Å²) in [5, 5.41) is 20.4. The molecule has 1 aromatic carbocycles. The van der Waals surface area contributed by atoms with Crippen molar-refractivity contribution in [3.8, 4) is 0 Å². The van der Waals surface area contributed by atoms with Crippen molar-refractivity contribution in [1.29, 1.82) is 0 Å². The summed E-state index contributed by atoms with van der Waals surface area (Å²) in [5.41, 5.74) is 0.720. The molecule has 1 amide bonds. The summed E-state index contributed by atoms with van der Waals surface area (Å²) < 4.78 is 0. The molecule has 1 heterocycles. The molecule has 2 N–H and O–H groups in total. The number of rotatable bonds is 4. The molecule has 0 spiro atoms. The van der Waals surface area contributed by atoms with Crippen LogP contribution in [0.25, 0.3) is 10.9 Å². The minimum atomic E-state index is -0.500. The second-order valence-corrected chi connectivity index (χ2v) is 3.82. The molecular formula is C11H12N4O3. The number of benzene rings is 1. The molecule has 18 heavy (non-hydrogen) atoms. The third-order valence-electron chi connectivity index (χ3n) is 2.51. The number of nitrogens with one attached hydrogen (secondary N) is 2. The van der Waals surface area contributed by atoms with E-state index in [1.807, 2.05) is 6.92 Å².